The van der Waals surface area contributed by atoms with Gasteiger partial charge in [-0.2, -0.15) is 0 Å². The predicted octanol–water partition coefficient (Wildman–Crippen LogP) is 1.59. The Morgan fingerprint density at radius 2 is 1.78 bits per heavy atom. The number of piperazine rings is 1. The van der Waals surface area contributed by atoms with Gasteiger partial charge < -0.3 is 10.6 Å². The third-order valence-corrected chi connectivity index (χ3v) is 4.22. The SMILES string of the molecule is Nc1ccccc1CCN1CCN(C2CC2)CC1. The molecule has 0 spiro atoms. The molecule has 0 aromatic heterocycles. The second kappa shape index (κ2) is 5.29. The lowest BCUT2D eigenvalue weighted by Gasteiger charge is -2.34. The molecule has 1 saturated heterocycles. The van der Waals surface area contributed by atoms with Crippen molar-refractivity contribution >= 4 is 5.69 Å². The maximum atomic E-state index is 5.98. The molecule has 3 nitrogen and oxygen atoms in total. The zero-order chi connectivity index (χ0) is 12.4. The Labute approximate surface area is 110 Å². The van der Waals surface area contributed by atoms with Crippen molar-refractivity contribution in [2.45, 2.75) is 25.3 Å². The Balaban J connectivity index is 1.45. The van der Waals surface area contributed by atoms with Gasteiger partial charge in [0.05, 0.1) is 0 Å². The van der Waals surface area contributed by atoms with Crippen LogP contribution < -0.4 is 5.73 Å². The smallest absolute Gasteiger partial charge is 0.0347 e. The summed E-state index contributed by atoms with van der Waals surface area (Å²) in [6.07, 6.45) is 3.94. The third kappa shape index (κ3) is 2.85. The van der Waals surface area contributed by atoms with Gasteiger partial charge in [-0.1, -0.05) is 18.2 Å². The highest BCUT2D eigenvalue weighted by Gasteiger charge is 2.30. The van der Waals surface area contributed by atoms with E-state index < -0.39 is 0 Å². The van der Waals surface area contributed by atoms with E-state index in [0.29, 0.717) is 0 Å². The molecule has 0 amide bonds. The van der Waals surface area contributed by atoms with Crippen LogP contribution in [-0.2, 0) is 6.42 Å². The molecule has 2 N–H and O–H groups in total. The van der Waals surface area contributed by atoms with Crippen LogP contribution in [0.2, 0.25) is 0 Å². The fourth-order valence-corrected chi connectivity index (χ4v) is 2.83. The van der Waals surface area contributed by atoms with Crippen LogP contribution in [0.15, 0.2) is 24.3 Å². The summed E-state index contributed by atoms with van der Waals surface area (Å²) in [4.78, 5) is 5.23. The van der Waals surface area contributed by atoms with Crippen LogP contribution in [0.5, 0.6) is 0 Å². The van der Waals surface area contributed by atoms with Gasteiger partial charge in [0.2, 0.25) is 0 Å². The van der Waals surface area contributed by atoms with Gasteiger partial charge in [0, 0.05) is 44.5 Å². The molecule has 1 heterocycles. The van der Waals surface area contributed by atoms with Crippen LogP contribution in [0.3, 0.4) is 0 Å². The second-order valence-corrected chi connectivity index (χ2v) is 5.56. The highest BCUT2D eigenvalue weighted by molar-refractivity contribution is 5.46. The van der Waals surface area contributed by atoms with E-state index in [-0.39, 0.29) is 0 Å². The summed E-state index contributed by atoms with van der Waals surface area (Å²) in [6.45, 7) is 6.11. The van der Waals surface area contributed by atoms with Crippen molar-refractivity contribution in [1.29, 1.82) is 0 Å². The second-order valence-electron chi connectivity index (χ2n) is 5.56. The third-order valence-electron chi connectivity index (χ3n) is 4.22. The minimum atomic E-state index is 0.928. The van der Waals surface area contributed by atoms with Crippen molar-refractivity contribution < 1.29 is 0 Å². The van der Waals surface area contributed by atoms with Crippen molar-refractivity contribution in [3.8, 4) is 0 Å². The number of nitrogens with two attached hydrogens (primary N) is 1. The van der Waals surface area contributed by atoms with E-state index in [1.54, 1.807) is 0 Å². The normalized spacial score (nSPS) is 22.2. The standard InChI is InChI=1S/C15H23N3/c16-15-4-2-1-3-13(15)7-8-17-9-11-18(12-10-17)14-5-6-14/h1-4,14H,5-12,16H2. The number of nitrogens with zero attached hydrogens (tertiary/aromatic N) is 2. The highest BCUT2D eigenvalue weighted by atomic mass is 15.3. The summed E-state index contributed by atoms with van der Waals surface area (Å²) >= 11 is 0. The molecule has 1 aliphatic carbocycles. The van der Waals surface area contributed by atoms with E-state index in [2.05, 4.69) is 21.9 Å². The molecule has 18 heavy (non-hydrogen) atoms. The minimum absolute atomic E-state index is 0.928. The summed E-state index contributed by atoms with van der Waals surface area (Å²) in [5, 5.41) is 0. The van der Waals surface area contributed by atoms with E-state index in [1.165, 1.54) is 44.6 Å². The number of benzene rings is 1. The molecule has 1 aromatic carbocycles. The zero-order valence-corrected chi connectivity index (χ0v) is 11.0. The zero-order valence-electron chi connectivity index (χ0n) is 11.0. The summed E-state index contributed by atoms with van der Waals surface area (Å²) in [5.41, 5.74) is 8.21. The summed E-state index contributed by atoms with van der Waals surface area (Å²) in [6, 6.07) is 9.16. The first-order chi connectivity index (χ1) is 8.83. The van der Waals surface area contributed by atoms with Gasteiger partial charge in [-0.15, -0.1) is 0 Å². The van der Waals surface area contributed by atoms with E-state index in [1.807, 2.05) is 12.1 Å². The Bertz CT molecular complexity index is 392. The van der Waals surface area contributed by atoms with Gasteiger partial charge in [0.1, 0.15) is 0 Å². The minimum Gasteiger partial charge on any atom is -0.399 e. The van der Waals surface area contributed by atoms with Gasteiger partial charge in [-0.25, -0.2) is 0 Å². The number of rotatable bonds is 4. The molecule has 3 rings (SSSR count). The van der Waals surface area contributed by atoms with Gasteiger partial charge in [-0.05, 0) is 30.9 Å². The average Bonchev–Trinajstić information content (AvgIpc) is 3.23. The van der Waals surface area contributed by atoms with Crippen LogP contribution in [0.1, 0.15) is 18.4 Å². The lowest BCUT2D eigenvalue weighted by atomic mass is 10.1. The van der Waals surface area contributed by atoms with Gasteiger partial charge in [0.25, 0.3) is 0 Å². The topological polar surface area (TPSA) is 32.5 Å². The van der Waals surface area contributed by atoms with Crippen LogP contribution in [-0.4, -0.2) is 48.6 Å². The lowest BCUT2D eigenvalue weighted by Crippen LogP contribution is -2.47. The van der Waals surface area contributed by atoms with Crippen LogP contribution in [0.4, 0.5) is 5.69 Å². The Morgan fingerprint density at radius 3 is 2.44 bits per heavy atom. The molecule has 0 unspecified atom stereocenters. The first-order valence-corrected chi connectivity index (χ1v) is 7.13. The molecule has 0 radical (unpaired) electrons. The molecular formula is C15H23N3. The van der Waals surface area contributed by atoms with E-state index >= 15 is 0 Å². The first kappa shape index (κ1) is 12.0. The molecule has 0 bridgehead atoms. The number of anilines is 1. The number of nitrogen functional groups attached to an aromatic ring is 1. The van der Waals surface area contributed by atoms with Gasteiger partial charge >= 0.3 is 0 Å². The predicted molar refractivity (Wildman–Crippen MR) is 75.6 cm³/mol. The molecule has 3 heteroatoms. The summed E-state index contributed by atoms with van der Waals surface area (Å²) in [7, 11) is 0. The van der Waals surface area contributed by atoms with E-state index in [4.69, 9.17) is 5.73 Å². The van der Waals surface area contributed by atoms with Crippen molar-refractivity contribution in [2.75, 3.05) is 38.5 Å². The Hall–Kier alpha value is -1.06. The fraction of sp³-hybridized carbons (Fsp3) is 0.600. The number of hydrogen-bond acceptors (Lipinski definition) is 3. The molecule has 1 saturated carbocycles. The average molecular weight is 245 g/mol. The van der Waals surface area contributed by atoms with Crippen molar-refractivity contribution in [3.63, 3.8) is 0 Å². The number of para-hydroxylation sites is 1. The summed E-state index contributed by atoms with van der Waals surface area (Å²) in [5.74, 6) is 0. The summed E-state index contributed by atoms with van der Waals surface area (Å²) < 4.78 is 0. The first-order valence-electron chi connectivity index (χ1n) is 7.13. The largest absolute Gasteiger partial charge is 0.399 e. The quantitative estimate of drug-likeness (QED) is 0.818. The fourth-order valence-electron chi connectivity index (χ4n) is 2.83. The van der Waals surface area contributed by atoms with Crippen LogP contribution >= 0.6 is 0 Å². The van der Waals surface area contributed by atoms with Gasteiger partial charge in [0.15, 0.2) is 0 Å². The van der Waals surface area contributed by atoms with Crippen molar-refractivity contribution in [2.24, 2.45) is 0 Å². The molecule has 98 valence electrons. The van der Waals surface area contributed by atoms with Gasteiger partial charge in [-0.3, -0.25) is 4.90 Å². The maximum absolute atomic E-state index is 5.98. The molecule has 1 aliphatic heterocycles. The monoisotopic (exact) mass is 245 g/mol. The molecule has 1 aromatic rings. The Kier molecular flexibility index (Phi) is 3.52. The molecule has 2 aliphatic rings. The molecular weight excluding hydrogens is 222 g/mol. The number of hydrogen-bond donors (Lipinski definition) is 1. The lowest BCUT2D eigenvalue weighted by molar-refractivity contribution is 0.127. The maximum Gasteiger partial charge on any atom is 0.0347 e. The Morgan fingerprint density at radius 1 is 1.06 bits per heavy atom. The molecule has 2 fully saturated rings. The van der Waals surface area contributed by atoms with E-state index in [9.17, 15) is 0 Å². The molecule has 0 atom stereocenters. The van der Waals surface area contributed by atoms with Crippen molar-refractivity contribution in [1.82, 2.24) is 9.80 Å². The van der Waals surface area contributed by atoms with E-state index in [0.717, 1.165) is 24.7 Å². The van der Waals surface area contributed by atoms with Crippen molar-refractivity contribution in [3.05, 3.63) is 29.8 Å². The van der Waals surface area contributed by atoms with Crippen LogP contribution in [0.25, 0.3) is 0 Å². The highest BCUT2D eigenvalue weighted by Crippen LogP contribution is 2.27. The van der Waals surface area contributed by atoms with Crippen LogP contribution in [0, 0.1) is 0 Å².